The van der Waals surface area contributed by atoms with Crippen LogP contribution in [0, 0.1) is 17.0 Å². The number of hydrogen-bond acceptors (Lipinski definition) is 3. The molecule has 0 bridgehead atoms. The number of ether oxygens (including phenoxy) is 1. The van der Waals surface area contributed by atoms with Crippen molar-refractivity contribution in [3.63, 3.8) is 0 Å². The third-order valence-corrected chi connectivity index (χ3v) is 2.88. The van der Waals surface area contributed by atoms with Crippen molar-refractivity contribution >= 4 is 5.69 Å². The molecule has 0 saturated heterocycles. The summed E-state index contributed by atoms with van der Waals surface area (Å²) in [7, 11) is 0. The first-order chi connectivity index (χ1) is 9.61. The van der Waals surface area contributed by atoms with E-state index in [1.807, 2.05) is 25.1 Å². The van der Waals surface area contributed by atoms with E-state index in [9.17, 15) is 10.1 Å². The molecule has 0 aromatic heterocycles. The van der Waals surface area contributed by atoms with Gasteiger partial charge in [0.1, 0.15) is 12.4 Å². The van der Waals surface area contributed by atoms with Crippen LogP contribution in [-0.2, 0) is 0 Å². The van der Waals surface area contributed by atoms with Gasteiger partial charge in [0.2, 0.25) is 0 Å². The lowest BCUT2D eigenvalue weighted by molar-refractivity contribution is -0.384. The van der Waals surface area contributed by atoms with E-state index in [-0.39, 0.29) is 10.6 Å². The van der Waals surface area contributed by atoms with Gasteiger partial charge in [0.15, 0.2) is 0 Å². The molecule has 2 aromatic rings. The normalized spacial score (nSPS) is 10.1. The fourth-order valence-corrected chi connectivity index (χ4v) is 1.93. The molecule has 4 nitrogen and oxygen atoms in total. The van der Waals surface area contributed by atoms with Crippen LogP contribution in [0.2, 0.25) is 0 Å². The molecular formula is C16H15NO3. The summed E-state index contributed by atoms with van der Waals surface area (Å²) >= 11 is 0. The maximum atomic E-state index is 11.1. The molecule has 0 saturated carbocycles. The van der Waals surface area contributed by atoms with Crippen LogP contribution in [0.4, 0.5) is 5.69 Å². The summed E-state index contributed by atoms with van der Waals surface area (Å²) < 4.78 is 5.40. The van der Waals surface area contributed by atoms with Crippen LogP contribution in [0.15, 0.2) is 55.1 Å². The largest absolute Gasteiger partial charge is 0.490 e. The number of aryl methyl sites for hydroxylation is 1. The third kappa shape index (κ3) is 3.03. The van der Waals surface area contributed by atoms with Gasteiger partial charge in [0.25, 0.3) is 5.69 Å². The molecule has 0 heterocycles. The van der Waals surface area contributed by atoms with Crippen LogP contribution in [0.5, 0.6) is 5.75 Å². The molecule has 0 aliphatic carbocycles. The Labute approximate surface area is 117 Å². The van der Waals surface area contributed by atoms with E-state index in [2.05, 4.69) is 6.58 Å². The molecule has 2 aromatic carbocycles. The van der Waals surface area contributed by atoms with Crippen LogP contribution in [0.25, 0.3) is 11.1 Å². The number of nitro benzene ring substituents is 1. The second-order valence-corrected chi connectivity index (χ2v) is 4.40. The number of nitrogens with zero attached hydrogens (tertiary/aromatic N) is 1. The minimum absolute atomic E-state index is 0.107. The quantitative estimate of drug-likeness (QED) is 0.466. The lowest BCUT2D eigenvalue weighted by atomic mass is 10.0. The van der Waals surface area contributed by atoms with Gasteiger partial charge in [-0.05, 0) is 30.7 Å². The molecule has 20 heavy (non-hydrogen) atoms. The maximum absolute atomic E-state index is 11.1. The predicted octanol–water partition coefficient (Wildman–Crippen LogP) is 4.14. The Bertz CT molecular complexity index is 633. The highest BCUT2D eigenvalue weighted by atomic mass is 16.6. The molecule has 102 valence electrons. The highest BCUT2D eigenvalue weighted by molar-refractivity contribution is 5.74. The highest BCUT2D eigenvalue weighted by Crippen LogP contribution is 2.31. The van der Waals surface area contributed by atoms with Crippen molar-refractivity contribution in [2.24, 2.45) is 0 Å². The second-order valence-electron chi connectivity index (χ2n) is 4.40. The maximum Gasteiger partial charge on any atom is 0.277 e. The van der Waals surface area contributed by atoms with E-state index in [0.717, 1.165) is 11.1 Å². The first kappa shape index (κ1) is 13.8. The summed E-state index contributed by atoms with van der Waals surface area (Å²) in [6.07, 6.45) is 1.67. The van der Waals surface area contributed by atoms with E-state index >= 15 is 0 Å². The van der Waals surface area contributed by atoms with E-state index < -0.39 is 0 Å². The predicted molar refractivity (Wildman–Crippen MR) is 79.0 cm³/mol. The van der Waals surface area contributed by atoms with Crippen molar-refractivity contribution in [3.05, 3.63) is 70.8 Å². The Hall–Kier alpha value is -2.62. The zero-order valence-corrected chi connectivity index (χ0v) is 11.2. The third-order valence-electron chi connectivity index (χ3n) is 2.88. The zero-order chi connectivity index (χ0) is 14.5. The molecule has 0 aliphatic heterocycles. The Morgan fingerprint density at radius 1 is 1.25 bits per heavy atom. The molecule has 0 N–H and O–H groups in total. The molecular weight excluding hydrogens is 254 g/mol. The minimum Gasteiger partial charge on any atom is -0.490 e. The molecule has 0 radical (unpaired) electrons. The molecule has 0 spiro atoms. The molecule has 0 unspecified atom stereocenters. The van der Waals surface area contributed by atoms with Gasteiger partial charge in [0, 0.05) is 6.07 Å². The van der Waals surface area contributed by atoms with Crippen molar-refractivity contribution in [1.82, 2.24) is 0 Å². The molecule has 4 heteroatoms. The van der Waals surface area contributed by atoms with Crippen molar-refractivity contribution in [3.8, 4) is 16.9 Å². The van der Waals surface area contributed by atoms with Crippen LogP contribution in [0.1, 0.15) is 5.56 Å². The lowest BCUT2D eigenvalue weighted by Gasteiger charge is -2.07. The van der Waals surface area contributed by atoms with Crippen LogP contribution in [-0.4, -0.2) is 11.5 Å². The van der Waals surface area contributed by atoms with Crippen LogP contribution in [0.3, 0.4) is 0 Å². The molecule has 0 atom stereocenters. The monoisotopic (exact) mass is 269 g/mol. The molecule has 0 amide bonds. The van der Waals surface area contributed by atoms with Gasteiger partial charge >= 0.3 is 0 Å². The zero-order valence-electron chi connectivity index (χ0n) is 11.2. The number of nitro groups is 1. The van der Waals surface area contributed by atoms with Crippen molar-refractivity contribution in [2.75, 3.05) is 6.61 Å². The van der Waals surface area contributed by atoms with E-state index in [0.29, 0.717) is 17.9 Å². The summed E-state index contributed by atoms with van der Waals surface area (Å²) in [5, 5.41) is 11.1. The standard InChI is InChI=1S/C16H15NO3/c1-3-10-20-14-7-5-13(6-8-14)15-11-12(2)4-9-16(15)17(18)19/h3-9,11H,1,10H2,2H3. The van der Waals surface area contributed by atoms with Gasteiger partial charge in [-0.25, -0.2) is 0 Å². The van der Waals surface area contributed by atoms with Gasteiger partial charge in [-0.3, -0.25) is 10.1 Å². The summed E-state index contributed by atoms with van der Waals surface area (Å²) in [4.78, 5) is 10.7. The van der Waals surface area contributed by atoms with Gasteiger partial charge in [-0.2, -0.15) is 0 Å². The fraction of sp³-hybridized carbons (Fsp3) is 0.125. The van der Waals surface area contributed by atoms with Gasteiger partial charge in [-0.15, -0.1) is 0 Å². The minimum atomic E-state index is -0.364. The highest BCUT2D eigenvalue weighted by Gasteiger charge is 2.14. The average molecular weight is 269 g/mol. The van der Waals surface area contributed by atoms with E-state index in [1.54, 1.807) is 24.3 Å². The fourth-order valence-electron chi connectivity index (χ4n) is 1.93. The summed E-state index contributed by atoms with van der Waals surface area (Å²) in [5.41, 5.74) is 2.50. The Morgan fingerprint density at radius 2 is 1.95 bits per heavy atom. The Kier molecular flexibility index (Phi) is 4.15. The van der Waals surface area contributed by atoms with Crippen molar-refractivity contribution in [2.45, 2.75) is 6.92 Å². The number of hydrogen-bond donors (Lipinski definition) is 0. The van der Waals surface area contributed by atoms with Crippen LogP contribution < -0.4 is 4.74 Å². The van der Waals surface area contributed by atoms with Gasteiger partial charge < -0.3 is 4.74 Å². The summed E-state index contributed by atoms with van der Waals surface area (Å²) in [6.45, 7) is 5.93. The first-order valence-electron chi connectivity index (χ1n) is 6.21. The number of rotatable bonds is 5. The SMILES string of the molecule is C=CCOc1ccc(-c2cc(C)ccc2[N+](=O)[O-])cc1. The number of benzene rings is 2. The Balaban J connectivity index is 2.38. The molecule has 2 rings (SSSR count). The Morgan fingerprint density at radius 3 is 2.55 bits per heavy atom. The summed E-state index contributed by atoms with van der Waals surface area (Å²) in [5.74, 6) is 0.712. The van der Waals surface area contributed by atoms with Crippen LogP contribution >= 0.6 is 0 Å². The average Bonchev–Trinajstić information content (AvgIpc) is 2.45. The smallest absolute Gasteiger partial charge is 0.277 e. The lowest BCUT2D eigenvalue weighted by Crippen LogP contribution is -1.94. The molecule has 0 aliphatic rings. The topological polar surface area (TPSA) is 52.4 Å². The second kappa shape index (κ2) is 6.02. The van der Waals surface area contributed by atoms with E-state index in [4.69, 9.17) is 4.74 Å². The van der Waals surface area contributed by atoms with Crippen molar-refractivity contribution < 1.29 is 9.66 Å². The summed E-state index contributed by atoms with van der Waals surface area (Å²) in [6, 6.07) is 12.3. The van der Waals surface area contributed by atoms with Crippen molar-refractivity contribution in [1.29, 1.82) is 0 Å². The first-order valence-corrected chi connectivity index (χ1v) is 6.21. The van der Waals surface area contributed by atoms with Gasteiger partial charge in [-0.1, -0.05) is 36.4 Å². The van der Waals surface area contributed by atoms with E-state index in [1.165, 1.54) is 6.07 Å². The van der Waals surface area contributed by atoms with Gasteiger partial charge in [0.05, 0.1) is 10.5 Å². The molecule has 0 fully saturated rings.